The van der Waals surface area contributed by atoms with Crippen molar-refractivity contribution in [2.24, 2.45) is 29.4 Å². The maximum atomic E-state index is 13.5. The highest BCUT2D eigenvalue weighted by Gasteiger charge is 2.66. The first kappa shape index (κ1) is 21.0. The Morgan fingerprint density at radius 1 is 1.12 bits per heavy atom. The highest BCUT2D eigenvalue weighted by atomic mass is 16.5. The van der Waals surface area contributed by atoms with Crippen molar-refractivity contribution in [1.82, 2.24) is 0 Å². The highest BCUT2D eigenvalue weighted by Crippen LogP contribution is 2.51. The quantitative estimate of drug-likeness (QED) is 0.533. The Bertz CT molecular complexity index is 1090. The molecule has 4 aliphatic rings. The second-order valence-corrected chi connectivity index (χ2v) is 9.33. The lowest BCUT2D eigenvalue weighted by molar-refractivity contribution is -0.175. The lowest BCUT2D eigenvalue weighted by Gasteiger charge is -2.48. The van der Waals surface area contributed by atoms with Gasteiger partial charge >= 0.3 is 0 Å². The minimum Gasteiger partial charge on any atom is -0.507 e. The summed E-state index contributed by atoms with van der Waals surface area (Å²) in [5, 5.41) is 21.6. The number of primary amides is 1. The van der Waals surface area contributed by atoms with Gasteiger partial charge in [-0.2, -0.15) is 0 Å². The van der Waals surface area contributed by atoms with Crippen LogP contribution in [0, 0.1) is 23.7 Å². The van der Waals surface area contributed by atoms with Gasteiger partial charge in [-0.15, -0.1) is 0 Å². The van der Waals surface area contributed by atoms with Crippen molar-refractivity contribution in [1.29, 1.82) is 0 Å². The molecule has 0 aromatic heterocycles. The van der Waals surface area contributed by atoms with Gasteiger partial charge in [0.1, 0.15) is 5.75 Å². The smallest absolute Gasteiger partial charge is 0.235 e. The number of ketones is 4. The molecule has 2 saturated carbocycles. The van der Waals surface area contributed by atoms with Gasteiger partial charge in [-0.05, 0) is 42.4 Å². The molecule has 5 rings (SSSR count). The van der Waals surface area contributed by atoms with Gasteiger partial charge in [0.15, 0.2) is 34.7 Å². The number of benzene rings is 1. The van der Waals surface area contributed by atoms with Crippen molar-refractivity contribution < 1.29 is 38.9 Å². The van der Waals surface area contributed by atoms with Crippen LogP contribution in [0.3, 0.4) is 0 Å². The van der Waals surface area contributed by atoms with E-state index in [1.807, 2.05) is 0 Å². The zero-order chi connectivity index (χ0) is 22.9. The minimum absolute atomic E-state index is 0.0387. The molecule has 0 radical (unpaired) electrons. The molecule has 1 saturated heterocycles. The molecule has 3 unspecified atom stereocenters. The third kappa shape index (κ3) is 2.67. The Kier molecular flexibility index (Phi) is 4.62. The summed E-state index contributed by atoms with van der Waals surface area (Å²) >= 11 is 0. The van der Waals surface area contributed by atoms with Crippen molar-refractivity contribution >= 4 is 29.0 Å². The predicted molar refractivity (Wildman–Crippen MR) is 107 cm³/mol. The summed E-state index contributed by atoms with van der Waals surface area (Å²) in [5.74, 6) is -9.80. The molecule has 32 heavy (non-hydrogen) atoms. The van der Waals surface area contributed by atoms with Crippen molar-refractivity contribution in [2.75, 3.05) is 13.2 Å². The number of phenols is 1. The SMILES string of the molecule is NC(=O)C1C(=O)C[C@@H]2C[C@@H]3Cc4c(C5CCOC5)ccc(O)c4C(=O)C3C(=O)[C@]2(O)C1=O. The maximum absolute atomic E-state index is 13.5. The summed E-state index contributed by atoms with van der Waals surface area (Å²) in [5.41, 5.74) is 4.15. The molecule has 9 heteroatoms. The Morgan fingerprint density at radius 2 is 1.88 bits per heavy atom. The van der Waals surface area contributed by atoms with Gasteiger partial charge in [0.05, 0.1) is 18.1 Å². The van der Waals surface area contributed by atoms with Gasteiger partial charge in [-0.1, -0.05) is 6.07 Å². The van der Waals surface area contributed by atoms with Crippen LogP contribution < -0.4 is 5.73 Å². The minimum atomic E-state index is -2.62. The number of fused-ring (bicyclic) bond motifs is 3. The van der Waals surface area contributed by atoms with Crippen LogP contribution in [0.5, 0.6) is 5.75 Å². The molecule has 1 aliphatic heterocycles. The number of nitrogens with two attached hydrogens (primary N) is 1. The van der Waals surface area contributed by atoms with Crippen LogP contribution in [0.25, 0.3) is 0 Å². The van der Waals surface area contributed by atoms with Crippen LogP contribution in [0.2, 0.25) is 0 Å². The topological polar surface area (TPSA) is 161 Å². The number of hydrogen-bond acceptors (Lipinski definition) is 8. The van der Waals surface area contributed by atoms with E-state index in [0.29, 0.717) is 25.2 Å². The lowest BCUT2D eigenvalue weighted by atomic mass is 9.53. The number of Topliss-reactive ketones (excluding diaryl/α,β-unsaturated/α-hetero) is 4. The summed E-state index contributed by atoms with van der Waals surface area (Å²) in [7, 11) is 0. The molecule has 3 fully saturated rings. The molecule has 1 amide bonds. The van der Waals surface area contributed by atoms with E-state index < -0.39 is 58.3 Å². The fourth-order valence-corrected chi connectivity index (χ4v) is 6.15. The number of carbonyl (C=O) groups is 5. The number of amides is 1. The third-order valence-electron chi connectivity index (χ3n) is 7.69. The van der Waals surface area contributed by atoms with E-state index in [0.717, 1.165) is 12.0 Å². The van der Waals surface area contributed by atoms with Crippen molar-refractivity contribution in [3.8, 4) is 5.75 Å². The van der Waals surface area contributed by atoms with E-state index in [2.05, 4.69) is 0 Å². The summed E-state index contributed by atoms with van der Waals surface area (Å²) in [6, 6.07) is 3.19. The van der Waals surface area contributed by atoms with Crippen LogP contribution in [-0.2, 0) is 30.3 Å². The van der Waals surface area contributed by atoms with E-state index in [9.17, 15) is 34.2 Å². The van der Waals surface area contributed by atoms with Gasteiger partial charge in [0, 0.05) is 24.9 Å². The highest BCUT2D eigenvalue weighted by molar-refractivity contribution is 6.31. The average Bonchev–Trinajstić information content (AvgIpc) is 3.25. The van der Waals surface area contributed by atoms with E-state index in [-0.39, 0.29) is 30.1 Å². The normalized spacial score (nSPS) is 36.5. The van der Waals surface area contributed by atoms with E-state index in [1.165, 1.54) is 6.07 Å². The van der Waals surface area contributed by atoms with E-state index in [4.69, 9.17) is 10.5 Å². The molecule has 1 aromatic carbocycles. The molecular formula is C23H23NO8. The van der Waals surface area contributed by atoms with Crippen molar-refractivity contribution in [3.63, 3.8) is 0 Å². The van der Waals surface area contributed by atoms with Crippen molar-refractivity contribution in [2.45, 2.75) is 37.2 Å². The third-order valence-corrected chi connectivity index (χ3v) is 7.69. The van der Waals surface area contributed by atoms with Gasteiger partial charge in [0.25, 0.3) is 0 Å². The molecule has 6 atom stereocenters. The summed E-state index contributed by atoms with van der Waals surface area (Å²) < 4.78 is 5.47. The number of phenolic OH excluding ortho intramolecular Hbond substituents is 1. The molecule has 9 nitrogen and oxygen atoms in total. The van der Waals surface area contributed by atoms with Gasteiger partial charge in [-0.25, -0.2) is 0 Å². The Labute approximate surface area is 182 Å². The molecule has 3 aliphatic carbocycles. The fourth-order valence-electron chi connectivity index (χ4n) is 6.15. The average molecular weight is 441 g/mol. The monoisotopic (exact) mass is 441 g/mol. The summed E-state index contributed by atoms with van der Waals surface area (Å²) in [6.45, 7) is 1.09. The molecular weight excluding hydrogens is 418 g/mol. The number of aliphatic hydroxyl groups is 1. The van der Waals surface area contributed by atoms with Gasteiger partial charge < -0.3 is 20.7 Å². The summed E-state index contributed by atoms with van der Waals surface area (Å²) in [4.78, 5) is 63.8. The summed E-state index contributed by atoms with van der Waals surface area (Å²) in [6.07, 6.45) is 0.830. The number of carbonyl (C=O) groups excluding carboxylic acids is 5. The molecule has 4 N–H and O–H groups in total. The standard InChI is InChI=1S/C23H23NO8/c24-22(30)18-15(26)7-11-5-10-6-13-12(9-3-4-32-8-9)1-2-14(25)17(13)19(27)16(10)20(28)23(11,31)21(18)29/h1-2,9-11,16,18,25,31H,3-8H2,(H2,24,30)/t9?,10-,11+,16?,18?,23+/m1/s1. The molecule has 168 valence electrons. The fraction of sp³-hybridized carbons (Fsp3) is 0.522. The Balaban J connectivity index is 1.59. The molecule has 0 bridgehead atoms. The van der Waals surface area contributed by atoms with Crippen LogP contribution >= 0.6 is 0 Å². The second-order valence-electron chi connectivity index (χ2n) is 9.33. The van der Waals surface area contributed by atoms with Crippen LogP contribution in [0.4, 0.5) is 0 Å². The first-order valence-electron chi connectivity index (χ1n) is 10.8. The molecule has 0 spiro atoms. The number of ether oxygens (including phenoxy) is 1. The number of rotatable bonds is 2. The van der Waals surface area contributed by atoms with Crippen molar-refractivity contribution in [3.05, 3.63) is 28.8 Å². The lowest BCUT2D eigenvalue weighted by Crippen LogP contribution is -2.68. The van der Waals surface area contributed by atoms with Crippen LogP contribution in [0.15, 0.2) is 12.1 Å². The largest absolute Gasteiger partial charge is 0.507 e. The first-order valence-corrected chi connectivity index (χ1v) is 10.8. The van der Waals surface area contributed by atoms with Gasteiger partial charge in [-0.3, -0.25) is 24.0 Å². The number of hydrogen-bond donors (Lipinski definition) is 3. The Morgan fingerprint density at radius 3 is 2.53 bits per heavy atom. The van der Waals surface area contributed by atoms with E-state index in [1.54, 1.807) is 6.07 Å². The zero-order valence-electron chi connectivity index (χ0n) is 17.2. The van der Waals surface area contributed by atoms with E-state index >= 15 is 0 Å². The van der Waals surface area contributed by atoms with Crippen LogP contribution in [0.1, 0.15) is 46.7 Å². The molecule has 1 heterocycles. The second kappa shape index (κ2) is 7.05. The molecule has 1 aromatic rings. The zero-order valence-corrected chi connectivity index (χ0v) is 17.2. The van der Waals surface area contributed by atoms with Crippen LogP contribution in [-0.4, -0.2) is 58.1 Å². The van der Waals surface area contributed by atoms with Gasteiger partial charge in [0.2, 0.25) is 5.91 Å². The maximum Gasteiger partial charge on any atom is 0.235 e. The number of aromatic hydroxyl groups is 1. The first-order chi connectivity index (χ1) is 15.2. The Hall–Kier alpha value is -2.91. The predicted octanol–water partition coefficient (Wildman–Crippen LogP) is -0.169.